The van der Waals surface area contributed by atoms with Gasteiger partial charge in [-0.15, -0.1) is 0 Å². The number of hydrogen-bond acceptors (Lipinski definition) is 7. The van der Waals surface area contributed by atoms with E-state index in [1.165, 1.54) is 0 Å². The third-order valence-corrected chi connectivity index (χ3v) is 2.65. The lowest BCUT2D eigenvalue weighted by Crippen LogP contribution is -2.11. The number of nitrogen functional groups attached to an aromatic ring is 1. The molecule has 0 saturated carbocycles. The second kappa shape index (κ2) is 5.88. The molecule has 7 heteroatoms. The molecule has 2 rings (SSSR count). The van der Waals surface area contributed by atoms with E-state index < -0.39 is 11.8 Å². The fraction of sp³-hybridized carbons (Fsp3) is 0.143. The molecule has 0 unspecified atom stereocenters. The van der Waals surface area contributed by atoms with Gasteiger partial charge in [0.2, 0.25) is 5.88 Å². The molecule has 0 aliphatic rings. The molecule has 0 spiro atoms. The van der Waals surface area contributed by atoms with Crippen LogP contribution in [0.2, 0.25) is 0 Å². The van der Waals surface area contributed by atoms with Crippen molar-refractivity contribution in [1.29, 1.82) is 5.26 Å². The highest BCUT2D eigenvalue weighted by molar-refractivity contribution is 5.96. The minimum atomic E-state index is -0.787. The van der Waals surface area contributed by atoms with E-state index in [0.717, 1.165) is 0 Å². The summed E-state index contributed by atoms with van der Waals surface area (Å²) in [4.78, 5) is 19.5. The zero-order valence-electron chi connectivity index (χ0n) is 11.2. The van der Waals surface area contributed by atoms with Crippen LogP contribution in [0, 0.1) is 11.3 Å². The summed E-state index contributed by atoms with van der Waals surface area (Å²) in [6.07, 6.45) is 0. The van der Waals surface area contributed by atoms with Crippen LogP contribution in [0.15, 0.2) is 24.3 Å². The lowest BCUT2D eigenvalue weighted by atomic mass is 10.1. The van der Waals surface area contributed by atoms with Gasteiger partial charge in [0.25, 0.3) is 0 Å². The number of nitrogens with two attached hydrogens (primary N) is 1. The number of carbonyl (C=O) groups excluding carboxylic acids is 1. The van der Waals surface area contributed by atoms with Gasteiger partial charge >= 0.3 is 5.97 Å². The molecule has 2 aromatic rings. The first-order chi connectivity index (χ1) is 10.1. The van der Waals surface area contributed by atoms with E-state index in [0.29, 0.717) is 11.1 Å². The Bertz CT molecular complexity index is 714. The molecule has 0 atom stereocenters. The SMILES string of the molecule is CCOC(=O)c1c(N)nc(-c2cccc(C#N)c2)nc1O. The number of aromatic nitrogens is 2. The smallest absolute Gasteiger partial charge is 0.347 e. The number of nitrogens with zero attached hydrogens (tertiary/aromatic N) is 3. The molecule has 0 fully saturated rings. The molecule has 1 aromatic heterocycles. The molecule has 21 heavy (non-hydrogen) atoms. The fourth-order valence-corrected chi connectivity index (χ4v) is 1.72. The molecular weight excluding hydrogens is 272 g/mol. The van der Waals surface area contributed by atoms with Gasteiger partial charge in [0.1, 0.15) is 5.82 Å². The maximum Gasteiger partial charge on any atom is 0.347 e. The van der Waals surface area contributed by atoms with E-state index in [2.05, 4.69) is 9.97 Å². The van der Waals surface area contributed by atoms with Crippen molar-refractivity contribution >= 4 is 11.8 Å². The van der Waals surface area contributed by atoms with Crippen LogP contribution in [-0.2, 0) is 4.74 Å². The first-order valence-corrected chi connectivity index (χ1v) is 6.11. The van der Waals surface area contributed by atoms with Crippen molar-refractivity contribution < 1.29 is 14.6 Å². The predicted molar refractivity (Wildman–Crippen MR) is 74.2 cm³/mol. The highest BCUT2D eigenvalue weighted by Crippen LogP contribution is 2.25. The van der Waals surface area contributed by atoms with Gasteiger partial charge in [-0.2, -0.15) is 10.2 Å². The summed E-state index contributed by atoms with van der Waals surface area (Å²) in [5, 5.41) is 18.7. The maximum atomic E-state index is 11.6. The van der Waals surface area contributed by atoms with Gasteiger partial charge < -0.3 is 15.6 Å². The molecule has 0 aliphatic heterocycles. The summed E-state index contributed by atoms with van der Waals surface area (Å²) in [6, 6.07) is 8.49. The molecule has 1 heterocycles. The van der Waals surface area contributed by atoms with Gasteiger partial charge in [0.05, 0.1) is 18.2 Å². The first kappa shape index (κ1) is 14.3. The van der Waals surface area contributed by atoms with Crippen molar-refractivity contribution in [3.05, 3.63) is 35.4 Å². The molecule has 3 N–H and O–H groups in total. The van der Waals surface area contributed by atoms with Crippen LogP contribution >= 0.6 is 0 Å². The Kier molecular flexibility index (Phi) is 4.00. The predicted octanol–water partition coefficient (Wildman–Crippen LogP) is 1.48. The molecule has 0 aliphatic carbocycles. The number of carbonyl (C=O) groups is 1. The van der Waals surface area contributed by atoms with Gasteiger partial charge in [0.15, 0.2) is 11.4 Å². The number of rotatable bonds is 3. The molecule has 106 valence electrons. The molecular formula is C14H12N4O3. The van der Waals surface area contributed by atoms with Crippen LogP contribution in [0.4, 0.5) is 5.82 Å². The summed E-state index contributed by atoms with van der Waals surface area (Å²) in [5.41, 5.74) is 6.34. The highest BCUT2D eigenvalue weighted by Gasteiger charge is 2.20. The average molecular weight is 284 g/mol. The van der Waals surface area contributed by atoms with Crippen LogP contribution in [0.1, 0.15) is 22.8 Å². The number of esters is 1. The van der Waals surface area contributed by atoms with Crippen molar-refractivity contribution in [1.82, 2.24) is 9.97 Å². The number of aromatic hydroxyl groups is 1. The molecule has 7 nitrogen and oxygen atoms in total. The Balaban J connectivity index is 2.49. The summed E-state index contributed by atoms with van der Waals surface area (Å²) in [6.45, 7) is 1.78. The third-order valence-electron chi connectivity index (χ3n) is 2.65. The Morgan fingerprint density at radius 1 is 1.48 bits per heavy atom. The van der Waals surface area contributed by atoms with Crippen LogP contribution in [-0.4, -0.2) is 27.7 Å². The standard InChI is InChI=1S/C14H12N4O3/c1-2-21-14(20)10-11(16)17-12(18-13(10)19)9-5-3-4-8(6-9)7-15/h3-6H,2H2,1H3,(H3,16,17,18,19). The normalized spacial score (nSPS) is 9.90. The van der Waals surface area contributed by atoms with Crippen LogP contribution in [0.5, 0.6) is 5.88 Å². The van der Waals surface area contributed by atoms with Crippen molar-refractivity contribution in [2.75, 3.05) is 12.3 Å². The first-order valence-electron chi connectivity index (χ1n) is 6.11. The summed E-state index contributed by atoms with van der Waals surface area (Å²) >= 11 is 0. The Morgan fingerprint density at radius 2 is 2.24 bits per heavy atom. The second-order valence-corrected chi connectivity index (χ2v) is 4.04. The number of ether oxygens (including phenoxy) is 1. The topological polar surface area (TPSA) is 122 Å². The van der Waals surface area contributed by atoms with Gasteiger partial charge in [-0.1, -0.05) is 12.1 Å². The largest absolute Gasteiger partial charge is 0.493 e. The average Bonchev–Trinajstić information content (AvgIpc) is 2.47. The number of anilines is 1. The van der Waals surface area contributed by atoms with Crippen LogP contribution in [0.25, 0.3) is 11.4 Å². The Hall–Kier alpha value is -3.14. The third kappa shape index (κ3) is 2.90. The molecule has 0 radical (unpaired) electrons. The zero-order chi connectivity index (χ0) is 15.4. The van der Waals surface area contributed by atoms with E-state index in [9.17, 15) is 9.90 Å². The number of benzene rings is 1. The van der Waals surface area contributed by atoms with Crippen LogP contribution in [0.3, 0.4) is 0 Å². The van der Waals surface area contributed by atoms with Crippen molar-refractivity contribution in [3.8, 4) is 23.3 Å². The quantitative estimate of drug-likeness (QED) is 0.818. The molecule has 0 saturated heterocycles. The summed E-state index contributed by atoms with van der Waals surface area (Å²) in [7, 11) is 0. The van der Waals surface area contributed by atoms with Gasteiger partial charge in [-0.3, -0.25) is 0 Å². The van der Waals surface area contributed by atoms with Crippen molar-refractivity contribution in [3.63, 3.8) is 0 Å². The Labute approximate surface area is 120 Å². The Morgan fingerprint density at radius 3 is 2.86 bits per heavy atom. The molecule has 0 bridgehead atoms. The minimum absolute atomic E-state index is 0.121. The van der Waals surface area contributed by atoms with E-state index in [-0.39, 0.29) is 23.8 Å². The summed E-state index contributed by atoms with van der Waals surface area (Å²) in [5.74, 6) is -1.41. The minimum Gasteiger partial charge on any atom is -0.493 e. The molecule has 1 aromatic carbocycles. The van der Waals surface area contributed by atoms with Gasteiger partial charge in [-0.25, -0.2) is 9.78 Å². The van der Waals surface area contributed by atoms with Gasteiger partial charge in [0, 0.05) is 5.56 Å². The second-order valence-electron chi connectivity index (χ2n) is 4.04. The maximum absolute atomic E-state index is 11.6. The number of hydrogen-bond donors (Lipinski definition) is 2. The number of nitriles is 1. The van der Waals surface area contributed by atoms with Crippen LogP contribution < -0.4 is 5.73 Å². The molecule has 0 amide bonds. The van der Waals surface area contributed by atoms with Crippen molar-refractivity contribution in [2.24, 2.45) is 0 Å². The lowest BCUT2D eigenvalue weighted by molar-refractivity contribution is 0.0523. The van der Waals surface area contributed by atoms with E-state index >= 15 is 0 Å². The van der Waals surface area contributed by atoms with E-state index in [1.807, 2.05) is 6.07 Å². The highest BCUT2D eigenvalue weighted by atomic mass is 16.5. The monoisotopic (exact) mass is 284 g/mol. The fourth-order valence-electron chi connectivity index (χ4n) is 1.72. The van der Waals surface area contributed by atoms with E-state index in [4.69, 9.17) is 15.7 Å². The van der Waals surface area contributed by atoms with Crippen molar-refractivity contribution in [2.45, 2.75) is 6.92 Å². The lowest BCUT2D eigenvalue weighted by Gasteiger charge is -2.08. The van der Waals surface area contributed by atoms with Gasteiger partial charge in [-0.05, 0) is 19.1 Å². The van der Waals surface area contributed by atoms with E-state index in [1.54, 1.807) is 31.2 Å². The summed E-state index contributed by atoms with van der Waals surface area (Å²) < 4.78 is 4.77. The zero-order valence-corrected chi connectivity index (χ0v) is 11.2.